The van der Waals surface area contributed by atoms with Crippen LogP contribution in [0.4, 0.5) is 9.52 Å². The lowest BCUT2D eigenvalue weighted by atomic mass is 9.97. The highest BCUT2D eigenvalue weighted by Gasteiger charge is 2.28. The van der Waals surface area contributed by atoms with Crippen LogP contribution in [-0.4, -0.2) is 64.3 Å². The molecular formula is C25H33FN6OS. The van der Waals surface area contributed by atoms with E-state index >= 15 is 0 Å². The number of carbonyl (C=O) groups excluding carboxylic acids is 1. The van der Waals surface area contributed by atoms with E-state index in [1.807, 2.05) is 13.0 Å². The van der Waals surface area contributed by atoms with Gasteiger partial charge >= 0.3 is 0 Å². The van der Waals surface area contributed by atoms with E-state index in [0.717, 1.165) is 53.6 Å². The zero-order chi connectivity index (χ0) is 23.7. The number of nitrogens with one attached hydrogen (secondary N) is 1. The Kier molecular flexibility index (Phi) is 6.83. The summed E-state index contributed by atoms with van der Waals surface area (Å²) < 4.78 is 16.5. The van der Waals surface area contributed by atoms with Gasteiger partial charge in [0, 0.05) is 32.2 Å². The molecule has 5 rings (SSSR count). The predicted octanol–water partition coefficient (Wildman–Crippen LogP) is 4.14. The molecule has 2 aromatic heterocycles. The van der Waals surface area contributed by atoms with E-state index < -0.39 is 0 Å². The normalized spacial score (nSPS) is 21.8. The average Bonchev–Trinajstić information content (AvgIpc) is 3.41. The van der Waals surface area contributed by atoms with Crippen molar-refractivity contribution < 1.29 is 9.18 Å². The van der Waals surface area contributed by atoms with Crippen LogP contribution in [-0.2, 0) is 4.79 Å². The Morgan fingerprint density at radius 1 is 1.24 bits per heavy atom. The topological polar surface area (TPSA) is 66.3 Å². The Morgan fingerprint density at radius 3 is 2.94 bits per heavy atom. The molecule has 0 bridgehead atoms. The van der Waals surface area contributed by atoms with Crippen LogP contribution in [0.2, 0.25) is 0 Å². The second-order valence-electron chi connectivity index (χ2n) is 9.58. The van der Waals surface area contributed by atoms with Gasteiger partial charge in [-0.1, -0.05) is 23.8 Å². The van der Waals surface area contributed by atoms with E-state index in [4.69, 9.17) is 4.98 Å². The lowest BCUT2D eigenvalue weighted by molar-refractivity contribution is -0.125. The van der Waals surface area contributed by atoms with Crippen molar-refractivity contribution in [2.45, 2.75) is 52.0 Å². The number of aromatic nitrogens is 3. The molecule has 4 heterocycles. The summed E-state index contributed by atoms with van der Waals surface area (Å²) in [5.74, 6) is -0.174. The van der Waals surface area contributed by atoms with Crippen molar-refractivity contribution in [2.24, 2.45) is 5.92 Å². The molecule has 2 aliphatic rings. The van der Waals surface area contributed by atoms with Crippen molar-refractivity contribution in [2.75, 3.05) is 37.6 Å². The number of aryl methyl sites for hydroxylation is 1. The molecule has 0 aliphatic carbocycles. The molecule has 2 saturated heterocycles. The van der Waals surface area contributed by atoms with E-state index in [0.29, 0.717) is 24.8 Å². The molecule has 2 aliphatic heterocycles. The molecule has 1 amide bonds. The first-order chi connectivity index (χ1) is 16.5. The number of halogens is 1. The molecule has 0 saturated carbocycles. The molecule has 7 nitrogen and oxygen atoms in total. The summed E-state index contributed by atoms with van der Waals surface area (Å²) in [5, 5.41) is 8.67. The fraction of sp³-hybridized carbons (Fsp3) is 0.560. The minimum absolute atomic E-state index is 0.0274. The standard InChI is InChI=1S/C25H33FN6OS/c1-17-7-3-4-12-30(17)14-11-27-24(33)19-8-6-13-31(16-19)25-28-23-22(34-25)18(2)29-32(23)21-10-5-9-20(26)15-21/h5,9-10,15,17,19H,3-4,6-8,11-14,16H2,1-2H3,(H,27,33). The largest absolute Gasteiger partial charge is 0.355 e. The zero-order valence-electron chi connectivity index (χ0n) is 20.0. The van der Waals surface area contributed by atoms with Gasteiger partial charge in [0.15, 0.2) is 10.8 Å². The number of thiazole rings is 1. The first-order valence-electron chi connectivity index (χ1n) is 12.4. The molecule has 1 aromatic carbocycles. The second-order valence-corrected chi connectivity index (χ2v) is 10.6. The van der Waals surface area contributed by atoms with Gasteiger partial charge in [0.05, 0.1) is 22.0 Å². The summed E-state index contributed by atoms with van der Waals surface area (Å²) in [6.07, 6.45) is 5.70. The molecular weight excluding hydrogens is 451 g/mol. The number of nitrogens with zero attached hydrogens (tertiary/aromatic N) is 5. The third kappa shape index (κ3) is 4.81. The molecule has 1 N–H and O–H groups in total. The minimum Gasteiger partial charge on any atom is -0.355 e. The van der Waals surface area contributed by atoms with Gasteiger partial charge in [-0.15, -0.1) is 0 Å². The van der Waals surface area contributed by atoms with Crippen LogP contribution in [0.15, 0.2) is 24.3 Å². The van der Waals surface area contributed by atoms with E-state index in [2.05, 4.69) is 27.1 Å². The number of rotatable bonds is 6. The Bertz CT molecular complexity index is 1160. The molecule has 34 heavy (non-hydrogen) atoms. The summed E-state index contributed by atoms with van der Waals surface area (Å²) >= 11 is 1.60. The van der Waals surface area contributed by atoms with Crippen molar-refractivity contribution in [1.82, 2.24) is 25.0 Å². The number of hydrogen-bond donors (Lipinski definition) is 1. The van der Waals surface area contributed by atoms with Crippen LogP contribution in [0.3, 0.4) is 0 Å². The number of benzene rings is 1. The van der Waals surface area contributed by atoms with Gasteiger partial charge in [-0.25, -0.2) is 9.07 Å². The van der Waals surface area contributed by atoms with Crippen molar-refractivity contribution in [3.63, 3.8) is 0 Å². The minimum atomic E-state index is -0.297. The second kappa shape index (κ2) is 10.00. The van der Waals surface area contributed by atoms with E-state index in [-0.39, 0.29) is 17.6 Å². The summed E-state index contributed by atoms with van der Waals surface area (Å²) in [7, 11) is 0. The maximum Gasteiger partial charge on any atom is 0.224 e. The highest BCUT2D eigenvalue weighted by atomic mass is 32.1. The summed E-state index contributed by atoms with van der Waals surface area (Å²) in [5.41, 5.74) is 2.28. The van der Waals surface area contributed by atoms with E-state index in [9.17, 15) is 9.18 Å². The van der Waals surface area contributed by atoms with Crippen LogP contribution in [0, 0.1) is 18.7 Å². The Hall–Kier alpha value is -2.52. The van der Waals surface area contributed by atoms with Crippen molar-refractivity contribution >= 4 is 32.7 Å². The number of likely N-dealkylation sites (tertiary alicyclic amines) is 1. The molecule has 3 aromatic rings. The Balaban J connectivity index is 1.25. The molecule has 2 fully saturated rings. The number of hydrogen-bond acceptors (Lipinski definition) is 6. The van der Waals surface area contributed by atoms with Gasteiger partial charge in [-0.3, -0.25) is 9.69 Å². The van der Waals surface area contributed by atoms with Gasteiger partial charge < -0.3 is 10.2 Å². The van der Waals surface area contributed by atoms with Crippen LogP contribution >= 0.6 is 11.3 Å². The Morgan fingerprint density at radius 2 is 2.12 bits per heavy atom. The summed E-state index contributed by atoms with van der Waals surface area (Å²) in [6.45, 7) is 8.58. The molecule has 182 valence electrons. The fourth-order valence-corrected chi connectivity index (χ4v) is 6.19. The highest BCUT2D eigenvalue weighted by molar-refractivity contribution is 7.22. The summed E-state index contributed by atoms with van der Waals surface area (Å²) in [4.78, 5) is 22.5. The van der Waals surface area contributed by atoms with Crippen LogP contribution in [0.1, 0.15) is 44.7 Å². The quantitative estimate of drug-likeness (QED) is 0.570. The number of anilines is 1. The van der Waals surface area contributed by atoms with Crippen LogP contribution in [0.5, 0.6) is 0 Å². The third-order valence-corrected chi connectivity index (χ3v) is 8.35. The average molecular weight is 485 g/mol. The smallest absolute Gasteiger partial charge is 0.224 e. The van der Waals surface area contributed by atoms with Gasteiger partial charge in [-0.2, -0.15) is 10.1 Å². The van der Waals surface area contributed by atoms with Gasteiger partial charge in [-0.05, 0) is 64.3 Å². The van der Waals surface area contributed by atoms with Gasteiger partial charge in [0.1, 0.15) is 5.82 Å². The maximum atomic E-state index is 13.8. The lowest BCUT2D eigenvalue weighted by Crippen LogP contribution is -2.46. The molecule has 0 spiro atoms. The molecule has 2 atom stereocenters. The Labute approximate surface area is 203 Å². The first-order valence-corrected chi connectivity index (χ1v) is 13.2. The zero-order valence-corrected chi connectivity index (χ0v) is 20.8. The van der Waals surface area contributed by atoms with Crippen LogP contribution < -0.4 is 10.2 Å². The summed E-state index contributed by atoms with van der Waals surface area (Å²) in [6, 6.07) is 7.02. The fourth-order valence-electron chi connectivity index (χ4n) is 5.17. The maximum absolute atomic E-state index is 13.8. The molecule has 2 unspecified atom stereocenters. The van der Waals surface area contributed by atoms with E-state index in [1.165, 1.54) is 31.4 Å². The first kappa shape index (κ1) is 23.2. The molecule has 9 heteroatoms. The van der Waals surface area contributed by atoms with Crippen molar-refractivity contribution in [3.05, 3.63) is 35.8 Å². The number of fused-ring (bicyclic) bond motifs is 1. The van der Waals surface area contributed by atoms with E-state index in [1.54, 1.807) is 22.1 Å². The molecule has 0 radical (unpaired) electrons. The van der Waals surface area contributed by atoms with Gasteiger partial charge in [0.2, 0.25) is 5.91 Å². The lowest BCUT2D eigenvalue weighted by Gasteiger charge is -2.34. The SMILES string of the molecule is Cc1nn(-c2cccc(F)c2)c2nc(N3CCCC(C(=O)NCCN4CCCCC4C)C3)sc12. The van der Waals surface area contributed by atoms with Crippen molar-refractivity contribution in [3.8, 4) is 5.69 Å². The predicted molar refractivity (Wildman–Crippen MR) is 134 cm³/mol. The third-order valence-electron chi connectivity index (χ3n) is 7.13. The number of carbonyl (C=O) groups is 1. The van der Waals surface area contributed by atoms with Crippen LogP contribution in [0.25, 0.3) is 16.0 Å². The number of amides is 1. The highest BCUT2D eigenvalue weighted by Crippen LogP contribution is 2.34. The van der Waals surface area contributed by atoms with Crippen molar-refractivity contribution in [1.29, 1.82) is 0 Å². The monoisotopic (exact) mass is 484 g/mol. The van der Waals surface area contributed by atoms with Gasteiger partial charge in [0.25, 0.3) is 0 Å². The number of piperidine rings is 2.